The molecule has 2 amide bonds. The molecule has 0 bridgehead atoms. The zero-order valence-corrected chi connectivity index (χ0v) is 18.2. The van der Waals surface area contributed by atoms with Gasteiger partial charge in [0.25, 0.3) is 11.8 Å². The molecule has 0 saturated carbocycles. The Morgan fingerprint density at radius 2 is 1.88 bits per heavy atom. The average molecular weight is 451 g/mol. The van der Waals surface area contributed by atoms with Gasteiger partial charge in [-0.25, -0.2) is 14.6 Å². The second kappa shape index (κ2) is 9.35. The second-order valence-corrected chi connectivity index (χ2v) is 7.77. The standard InChI is InChI=1S/C22H25N7O4/c1-13(14-4-6-16(7-5-14)29-9-3-8-25-29)26-20(32)18(30)19(31)21(33)28-11-15-10-24-22(23-2)27-17(15)12-28/h3-10,13,18-19,30-31H,11-12H2,1-2H3,(H,26,32)(H,23,24,27)/t13-,18-,19-/m1/s1. The number of amides is 2. The molecule has 0 saturated heterocycles. The molecule has 33 heavy (non-hydrogen) atoms. The molecule has 2 aromatic heterocycles. The average Bonchev–Trinajstić information content (AvgIpc) is 3.52. The molecule has 11 nitrogen and oxygen atoms in total. The molecule has 172 valence electrons. The van der Waals surface area contributed by atoms with E-state index in [-0.39, 0.29) is 13.1 Å². The van der Waals surface area contributed by atoms with Crippen LogP contribution in [0.25, 0.3) is 5.69 Å². The molecule has 1 aliphatic rings. The SMILES string of the molecule is CNc1ncc2c(n1)CN(C(=O)[C@H](O)[C@@H](O)C(=O)N[C@H](C)c1ccc(-n3cccn3)cc1)C2. The lowest BCUT2D eigenvalue weighted by atomic mass is 10.1. The summed E-state index contributed by atoms with van der Waals surface area (Å²) < 4.78 is 1.71. The molecule has 3 atom stereocenters. The summed E-state index contributed by atoms with van der Waals surface area (Å²) >= 11 is 0. The minimum atomic E-state index is -1.91. The molecule has 0 radical (unpaired) electrons. The van der Waals surface area contributed by atoms with Crippen molar-refractivity contribution in [2.45, 2.75) is 38.3 Å². The topological polar surface area (TPSA) is 146 Å². The van der Waals surface area contributed by atoms with Gasteiger partial charge in [-0.15, -0.1) is 0 Å². The summed E-state index contributed by atoms with van der Waals surface area (Å²) in [6, 6.07) is 8.74. The molecule has 0 unspecified atom stereocenters. The maximum absolute atomic E-state index is 12.7. The molecule has 3 aromatic rings. The largest absolute Gasteiger partial charge is 0.380 e. The highest BCUT2D eigenvalue weighted by Gasteiger charge is 2.36. The van der Waals surface area contributed by atoms with E-state index in [0.717, 1.165) is 16.8 Å². The molecule has 1 aliphatic heterocycles. The third-order valence-corrected chi connectivity index (χ3v) is 5.53. The monoisotopic (exact) mass is 451 g/mol. The minimum Gasteiger partial charge on any atom is -0.380 e. The van der Waals surface area contributed by atoms with Crippen molar-refractivity contribution in [3.63, 3.8) is 0 Å². The summed E-state index contributed by atoms with van der Waals surface area (Å²) in [5.74, 6) is -1.17. The Bertz CT molecular complexity index is 1130. The number of anilines is 1. The fourth-order valence-corrected chi connectivity index (χ4v) is 3.61. The Morgan fingerprint density at radius 1 is 1.12 bits per heavy atom. The number of fused-ring (bicyclic) bond motifs is 1. The summed E-state index contributed by atoms with van der Waals surface area (Å²) in [7, 11) is 1.69. The smallest absolute Gasteiger partial charge is 0.255 e. The highest BCUT2D eigenvalue weighted by Crippen LogP contribution is 2.22. The summed E-state index contributed by atoms with van der Waals surface area (Å²) in [5, 5.41) is 30.3. The number of carbonyl (C=O) groups is 2. The van der Waals surface area contributed by atoms with Gasteiger partial charge in [0.2, 0.25) is 5.95 Å². The third-order valence-electron chi connectivity index (χ3n) is 5.53. The van der Waals surface area contributed by atoms with Gasteiger partial charge < -0.3 is 25.7 Å². The predicted octanol–water partition coefficient (Wildman–Crippen LogP) is 0.145. The van der Waals surface area contributed by atoms with Crippen molar-refractivity contribution in [2.24, 2.45) is 0 Å². The van der Waals surface area contributed by atoms with Crippen LogP contribution in [0.4, 0.5) is 5.95 Å². The fraction of sp³-hybridized carbons (Fsp3) is 0.318. The number of nitrogens with zero attached hydrogens (tertiary/aromatic N) is 5. The third kappa shape index (κ3) is 4.69. The Kier molecular flexibility index (Phi) is 6.33. The normalized spacial score (nSPS) is 15.5. The van der Waals surface area contributed by atoms with Gasteiger partial charge in [0.15, 0.2) is 12.2 Å². The number of aliphatic hydroxyl groups excluding tert-OH is 2. The quantitative estimate of drug-likeness (QED) is 0.397. The van der Waals surface area contributed by atoms with Crippen LogP contribution in [0.5, 0.6) is 0 Å². The maximum Gasteiger partial charge on any atom is 0.255 e. The van der Waals surface area contributed by atoms with Gasteiger partial charge >= 0.3 is 0 Å². The van der Waals surface area contributed by atoms with Gasteiger partial charge in [0, 0.05) is 37.7 Å². The van der Waals surface area contributed by atoms with Crippen LogP contribution in [-0.2, 0) is 22.7 Å². The summed E-state index contributed by atoms with van der Waals surface area (Å²) in [4.78, 5) is 34.9. The number of hydrogen-bond acceptors (Lipinski definition) is 8. The Balaban J connectivity index is 1.35. The number of aromatic nitrogens is 4. The van der Waals surface area contributed by atoms with E-state index < -0.39 is 30.1 Å². The predicted molar refractivity (Wildman–Crippen MR) is 118 cm³/mol. The highest BCUT2D eigenvalue weighted by atomic mass is 16.3. The number of carbonyl (C=O) groups excluding carboxylic acids is 2. The Hall–Kier alpha value is -3.83. The number of aliphatic hydroxyl groups is 2. The molecule has 0 spiro atoms. The molecule has 4 N–H and O–H groups in total. The van der Waals surface area contributed by atoms with Gasteiger partial charge in [0.1, 0.15) is 0 Å². The first-order valence-electron chi connectivity index (χ1n) is 10.4. The Morgan fingerprint density at radius 3 is 2.55 bits per heavy atom. The van der Waals surface area contributed by atoms with Crippen molar-refractivity contribution in [3.8, 4) is 5.69 Å². The van der Waals surface area contributed by atoms with Crippen LogP contribution >= 0.6 is 0 Å². The van der Waals surface area contributed by atoms with Crippen LogP contribution in [-0.4, -0.2) is 65.9 Å². The Labute approximate surface area is 190 Å². The van der Waals surface area contributed by atoms with Crippen molar-refractivity contribution in [2.75, 3.05) is 12.4 Å². The number of hydrogen-bond donors (Lipinski definition) is 4. The van der Waals surface area contributed by atoms with Gasteiger partial charge in [-0.2, -0.15) is 5.10 Å². The molecule has 0 fully saturated rings. The first kappa shape index (κ1) is 22.4. The summed E-state index contributed by atoms with van der Waals surface area (Å²) in [6.45, 7) is 2.11. The maximum atomic E-state index is 12.7. The lowest BCUT2D eigenvalue weighted by Gasteiger charge is -2.24. The van der Waals surface area contributed by atoms with Crippen molar-refractivity contribution >= 4 is 17.8 Å². The van der Waals surface area contributed by atoms with E-state index in [9.17, 15) is 19.8 Å². The number of benzene rings is 1. The first-order chi connectivity index (χ1) is 15.9. The highest BCUT2D eigenvalue weighted by molar-refractivity contribution is 5.91. The molecule has 3 heterocycles. The number of nitrogens with one attached hydrogen (secondary N) is 2. The lowest BCUT2D eigenvalue weighted by molar-refractivity contribution is -0.153. The van der Waals surface area contributed by atoms with E-state index in [2.05, 4.69) is 25.7 Å². The second-order valence-electron chi connectivity index (χ2n) is 7.77. The van der Waals surface area contributed by atoms with Crippen LogP contribution in [0.3, 0.4) is 0 Å². The zero-order valence-electron chi connectivity index (χ0n) is 18.2. The van der Waals surface area contributed by atoms with Gasteiger partial charge in [-0.05, 0) is 30.7 Å². The van der Waals surface area contributed by atoms with Crippen LogP contribution in [0.15, 0.2) is 48.9 Å². The summed E-state index contributed by atoms with van der Waals surface area (Å²) in [5.41, 5.74) is 3.06. The van der Waals surface area contributed by atoms with Crippen molar-refractivity contribution < 1.29 is 19.8 Å². The minimum absolute atomic E-state index is 0.162. The molecular formula is C22H25N7O4. The van der Waals surface area contributed by atoms with E-state index in [4.69, 9.17) is 0 Å². The zero-order chi connectivity index (χ0) is 23.5. The van der Waals surface area contributed by atoms with E-state index in [1.165, 1.54) is 4.90 Å². The van der Waals surface area contributed by atoms with Crippen LogP contribution in [0.1, 0.15) is 29.8 Å². The van der Waals surface area contributed by atoms with Gasteiger partial charge in [0.05, 0.1) is 24.0 Å². The van der Waals surface area contributed by atoms with Gasteiger partial charge in [-0.1, -0.05) is 12.1 Å². The van der Waals surface area contributed by atoms with E-state index in [1.54, 1.807) is 31.0 Å². The van der Waals surface area contributed by atoms with Crippen molar-refractivity contribution in [1.29, 1.82) is 0 Å². The van der Waals surface area contributed by atoms with E-state index in [0.29, 0.717) is 11.6 Å². The van der Waals surface area contributed by atoms with Gasteiger partial charge in [-0.3, -0.25) is 9.59 Å². The first-order valence-corrected chi connectivity index (χ1v) is 10.4. The van der Waals surface area contributed by atoms with E-state index in [1.807, 2.05) is 36.5 Å². The van der Waals surface area contributed by atoms with Crippen LogP contribution < -0.4 is 10.6 Å². The lowest BCUT2D eigenvalue weighted by Crippen LogP contribution is -2.50. The fourth-order valence-electron chi connectivity index (χ4n) is 3.61. The van der Waals surface area contributed by atoms with Crippen LogP contribution in [0, 0.1) is 0 Å². The van der Waals surface area contributed by atoms with Crippen molar-refractivity contribution in [3.05, 3.63) is 65.7 Å². The molecule has 0 aliphatic carbocycles. The van der Waals surface area contributed by atoms with Crippen LogP contribution in [0.2, 0.25) is 0 Å². The molecular weight excluding hydrogens is 426 g/mol. The van der Waals surface area contributed by atoms with Crippen molar-refractivity contribution in [1.82, 2.24) is 30.0 Å². The molecule has 4 rings (SSSR count). The van der Waals surface area contributed by atoms with E-state index >= 15 is 0 Å². The molecule has 1 aromatic carbocycles. The summed E-state index contributed by atoms with van der Waals surface area (Å²) in [6.07, 6.45) is 1.30. The number of rotatable bonds is 7. The molecule has 11 heteroatoms.